The minimum Gasteiger partial charge on any atom is -0.399 e. The molecule has 1 fully saturated rings. The van der Waals surface area contributed by atoms with Gasteiger partial charge in [0.1, 0.15) is 5.69 Å². The molecule has 0 amide bonds. The van der Waals surface area contributed by atoms with Crippen molar-refractivity contribution in [2.75, 3.05) is 13.2 Å². The average molecular weight is 1060 g/mol. The zero-order valence-corrected chi connectivity index (χ0v) is 43.6. The first kappa shape index (κ1) is 51.5. The van der Waals surface area contributed by atoms with Gasteiger partial charge in [-0.25, -0.2) is 24.8 Å². The van der Waals surface area contributed by atoms with Crippen molar-refractivity contribution >= 4 is 102 Å². The molecular formula is C48H51Cl4F3N2O7S2Si. The van der Waals surface area contributed by atoms with Gasteiger partial charge < -0.3 is 9.16 Å². The summed E-state index contributed by atoms with van der Waals surface area (Å²) in [5, 5.41) is 1.54. The first-order chi connectivity index (χ1) is 31.3. The summed E-state index contributed by atoms with van der Waals surface area (Å²) >= 11 is 25.4. The van der Waals surface area contributed by atoms with Gasteiger partial charge in [0.25, 0.3) is 20.0 Å². The molecule has 3 aliphatic rings. The molecule has 1 saturated heterocycles. The summed E-state index contributed by atoms with van der Waals surface area (Å²) in [6.07, 6.45) is -0.763. The maximum absolute atomic E-state index is 15.2. The van der Waals surface area contributed by atoms with Gasteiger partial charge in [-0.05, 0) is 138 Å². The lowest BCUT2D eigenvalue weighted by molar-refractivity contribution is -0.281. The minimum atomic E-state index is -4.90. The topological polar surface area (TPSA) is 114 Å². The molecule has 9 rings (SSSR count). The summed E-state index contributed by atoms with van der Waals surface area (Å²) in [5.41, 5.74) is 0.0145. The first-order valence-corrected chi connectivity index (χ1v) is 29.6. The highest BCUT2D eigenvalue weighted by Gasteiger charge is 2.66. The number of nitrogens with zero attached hydrogens (tertiary/aromatic N) is 2. The van der Waals surface area contributed by atoms with Gasteiger partial charge in [-0.2, -0.15) is 13.2 Å². The lowest BCUT2D eigenvalue weighted by atomic mass is 9.74. The minimum absolute atomic E-state index is 0.0249. The summed E-state index contributed by atoms with van der Waals surface area (Å²) in [5.74, 6) is -1.47. The number of benzene rings is 4. The van der Waals surface area contributed by atoms with E-state index in [0.29, 0.717) is 34.3 Å². The van der Waals surface area contributed by atoms with E-state index in [0.717, 1.165) is 32.3 Å². The molecule has 19 heteroatoms. The van der Waals surface area contributed by atoms with E-state index in [1.165, 1.54) is 44.0 Å². The molecule has 0 N–H and O–H groups in total. The van der Waals surface area contributed by atoms with Crippen LogP contribution in [0, 0.1) is 25.7 Å². The number of ether oxygens (including phenoxy) is 1. The molecule has 3 atom stereocenters. The maximum Gasteiger partial charge on any atom is 0.422 e. The Kier molecular flexibility index (Phi) is 14.7. The number of alkyl halides is 3. The zero-order valence-electron chi connectivity index (χ0n) is 38.0. The third kappa shape index (κ3) is 9.38. The van der Waals surface area contributed by atoms with Crippen LogP contribution in [0.5, 0.6) is 0 Å². The van der Waals surface area contributed by atoms with Crippen LogP contribution in [0.4, 0.5) is 13.2 Å². The second kappa shape index (κ2) is 19.1. The van der Waals surface area contributed by atoms with Gasteiger partial charge in [-0.3, -0.25) is 4.79 Å². The van der Waals surface area contributed by atoms with Crippen molar-refractivity contribution < 1.29 is 44.0 Å². The third-order valence-corrected chi connectivity index (χ3v) is 18.4. The van der Waals surface area contributed by atoms with Crippen LogP contribution < -0.4 is 0 Å². The number of aromatic nitrogens is 2. The highest BCUT2D eigenvalue weighted by atomic mass is 35.5. The summed E-state index contributed by atoms with van der Waals surface area (Å²) in [4.78, 5) is 13.0. The number of Topliss-reactive ketones (excluding diaryl/α,β-unsaturated/α-hetero) is 1. The Bertz CT molecular complexity index is 3100. The molecule has 6 aromatic rings. The number of halogens is 7. The van der Waals surface area contributed by atoms with Crippen LogP contribution >= 0.6 is 46.4 Å². The molecule has 9 nitrogen and oxygen atoms in total. The van der Waals surface area contributed by atoms with Crippen LogP contribution in [-0.4, -0.2) is 58.3 Å². The fourth-order valence-corrected chi connectivity index (χ4v) is 14.5. The smallest absolute Gasteiger partial charge is 0.399 e. The van der Waals surface area contributed by atoms with Crippen LogP contribution in [0.25, 0.3) is 21.8 Å². The van der Waals surface area contributed by atoms with Gasteiger partial charge >= 0.3 is 6.18 Å². The second-order valence-corrected chi connectivity index (χ2v) is 27.9. The lowest BCUT2D eigenvalue weighted by Gasteiger charge is -2.47. The van der Waals surface area contributed by atoms with Crippen molar-refractivity contribution in [3.05, 3.63) is 127 Å². The van der Waals surface area contributed by atoms with E-state index in [4.69, 9.17) is 55.6 Å². The van der Waals surface area contributed by atoms with Crippen molar-refractivity contribution in [3.8, 4) is 0 Å². The van der Waals surface area contributed by atoms with E-state index in [2.05, 4.69) is 0 Å². The number of ketones is 1. The monoisotopic (exact) mass is 1060 g/mol. The molecule has 2 aromatic heterocycles. The highest BCUT2D eigenvalue weighted by molar-refractivity contribution is 7.90. The van der Waals surface area contributed by atoms with Crippen molar-refractivity contribution in [2.45, 2.75) is 107 Å². The Balaban J connectivity index is 0.000000184. The van der Waals surface area contributed by atoms with E-state index in [-0.39, 0.29) is 71.6 Å². The van der Waals surface area contributed by atoms with E-state index in [9.17, 15) is 21.6 Å². The molecule has 4 aromatic carbocycles. The molecule has 0 bridgehead atoms. The van der Waals surface area contributed by atoms with Crippen LogP contribution in [0.1, 0.15) is 78.0 Å². The second-order valence-electron chi connectivity index (χ2n) is 18.3. The molecule has 3 unspecified atom stereocenters. The summed E-state index contributed by atoms with van der Waals surface area (Å²) in [6.45, 7) is 13.9. The van der Waals surface area contributed by atoms with Gasteiger partial charge in [0.2, 0.25) is 0 Å². The molecule has 1 aliphatic heterocycles. The molecule has 0 spiro atoms. The van der Waals surface area contributed by atoms with Gasteiger partial charge in [0, 0.05) is 29.9 Å². The maximum atomic E-state index is 15.2. The number of fused-ring (bicyclic) bond motifs is 6. The quantitative estimate of drug-likeness (QED) is 0.153. The van der Waals surface area contributed by atoms with E-state index in [1.54, 1.807) is 75.1 Å². The standard InChI is InChI=1S/C24H26Cl2F3NO3SSi.C20H17Cl2NO3S.C4H8O/c1-14-6-9-16(10-7-14)34(31,32)30-19-13-12-18(25)21(26)20(19)17-11-8-15(2)23(22(17)30,24(27,28)29)33-35(3,4)5;1-11-3-6-13(7-4-11)27(25,26)23-16-10-9-15(21)18(22)17(16)14-8-5-12(2)20(24)19(14)23;1-2-4-5-3-1/h6-7,9-10,12-13,15H,8,11H2,1-5H3;3-4,6-7,9-10,12H,5,8H2,1-2H3;1-4H2. The van der Waals surface area contributed by atoms with Crippen LogP contribution in [0.15, 0.2) is 82.6 Å². The summed E-state index contributed by atoms with van der Waals surface area (Å²) < 4.78 is 114. The predicted octanol–water partition coefficient (Wildman–Crippen LogP) is 13.7. The highest BCUT2D eigenvalue weighted by Crippen LogP contribution is 2.57. The van der Waals surface area contributed by atoms with Crippen molar-refractivity contribution in [2.24, 2.45) is 11.8 Å². The van der Waals surface area contributed by atoms with E-state index in [1.807, 2.05) is 13.8 Å². The molecule has 0 saturated carbocycles. The Labute approximate surface area is 410 Å². The molecule has 67 heavy (non-hydrogen) atoms. The molecule has 0 radical (unpaired) electrons. The number of hydrogen-bond donors (Lipinski definition) is 0. The number of carbonyl (C=O) groups is 1. The number of rotatable bonds is 6. The first-order valence-electron chi connectivity index (χ1n) is 21.8. The fraction of sp³-hybridized carbons (Fsp3) is 0.396. The van der Waals surface area contributed by atoms with Gasteiger partial charge in [0.15, 0.2) is 19.7 Å². The lowest BCUT2D eigenvalue weighted by Crippen LogP contribution is -2.57. The molecule has 3 heterocycles. The summed E-state index contributed by atoms with van der Waals surface area (Å²) in [6, 6.07) is 18.6. The van der Waals surface area contributed by atoms with Crippen LogP contribution in [-0.2, 0) is 47.7 Å². The fourth-order valence-electron chi connectivity index (χ4n) is 9.09. The van der Waals surface area contributed by atoms with Crippen molar-refractivity contribution in [1.29, 1.82) is 0 Å². The Morgan fingerprint density at radius 3 is 1.58 bits per heavy atom. The normalized spacial score (nSPS) is 19.9. The zero-order chi connectivity index (χ0) is 49.2. The third-order valence-electron chi connectivity index (χ3n) is 12.4. The van der Waals surface area contributed by atoms with Gasteiger partial charge in [-0.1, -0.05) is 95.6 Å². The van der Waals surface area contributed by atoms with E-state index >= 15 is 13.2 Å². The SMILES string of the molecule is C1CCOC1.Cc1ccc(S(=O)(=O)n2c3c(c4c(Cl)c(Cl)ccc42)CCC(C)C3(O[Si](C)(C)C)C(F)(F)F)cc1.Cc1ccc(S(=O)(=O)n2c3c(c4c(Cl)c(Cl)ccc42)CCC(C)C3=O)cc1. The van der Waals surface area contributed by atoms with Crippen molar-refractivity contribution in [3.63, 3.8) is 0 Å². The molecule has 2 aliphatic carbocycles. The summed E-state index contributed by atoms with van der Waals surface area (Å²) in [7, 11) is -11.3. The number of hydrogen-bond acceptors (Lipinski definition) is 7. The largest absolute Gasteiger partial charge is 0.422 e. The Hall–Kier alpha value is -3.38. The van der Waals surface area contributed by atoms with Crippen LogP contribution in [0.3, 0.4) is 0 Å². The number of aryl methyl sites for hydroxylation is 4. The Morgan fingerprint density at radius 1 is 0.687 bits per heavy atom. The van der Waals surface area contributed by atoms with Gasteiger partial charge in [0.05, 0.1) is 46.6 Å². The molecule has 360 valence electrons. The van der Waals surface area contributed by atoms with E-state index < -0.39 is 51.8 Å². The van der Waals surface area contributed by atoms with Crippen LogP contribution in [0.2, 0.25) is 39.7 Å². The predicted molar refractivity (Wildman–Crippen MR) is 263 cm³/mol. The molecular weight excluding hydrogens is 1010 g/mol. The Morgan fingerprint density at radius 2 is 1.13 bits per heavy atom. The average Bonchev–Trinajstić information content (AvgIpc) is 4.02. The van der Waals surface area contributed by atoms with Gasteiger partial charge in [-0.15, -0.1) is 0 Å². The number of carbonyl (C=O) groups excluding carboxylic acids is 1. The van der Waals surface area contributed by atoms with Crippen molar-refractivity contribution in [1.82, 2.24) is 7.94 Å².